The van der Waals surface area contributed by atoms with E-state index in [1.165, 1.54) is 12.3 Å². The molecule has 0 radical (unpaired) electrons. The van der Waals surface area contributed by atoms with Gasteiger partial charge in [-0.05, 0) is 6.07 Å². The third kappa shape index (κ3) is 2.65. The fourth-order valence-electron chi connectivity index (χ4n) is 1.48. The molecular weight excluding hydrogens is 261 g/mol. The second-order valence-corrected chi connectivity index (χ2v) is 3.60. The molecule has 0 saturated carbocycles. The number of aromatic carboxylic acids is 1. The van der Waals surface area contributed by atoms with Gasteiger partial charge in [0.15, 0.2) is 11.6 Å². The zero-order valence-corrected chi connectivity index (χ0v) is 9.32. The van der Waals surface area contributed by atoms with E-state index < -0.39 is 29.1 Å². The number of hydrogen-bond donors (Lipinski definition) is 2. The topological polar surface area (TPSA) is 62.2 Å². The van der Waals surface area contributed by atoms with Crippen molar-refractivity contribution in [3.8, 4) is 0 Å². The van der Waals surface area contributed by atoms with Crippen molar-refractivity contribution >= 4 is 17.3 Å². The molecule has 2 rings (SSSR count). The molecule has 1 aromatic carbocycles. The van der Waals surface area contributed by atoms with Gasteiger partial charge in [-0.2, -0.15) is 0 Å². The first kappa shape index (κ1) is 12.9. The van der Waals surface area contributed by atoms with Gasteiger partial charge in [-0.15, -0.1) is 0 Å². The second kappa shape index (κ2) is 4.97. The molecular formula is C12H7F3N2O2. The van der Waals surface area contributed by atoms with Crippen LogP contribution in [0.5, 0.6) is 0 Å². The first-order valence-electron chi connectivity index (χ1n) is 5.08. The minimum absolute atomic E-state index is 0.0978. The maximum absolute atomic E-state index is 13.4. The van der Waals surface area contributed by atoms with Crippen molar-refractivity contribution in [3.05, 3.63) is 53.6 Å². The van der Waals surface area contributed by atoms with Gasteiger partial charge in [-0.1, -0.05) is 0 Å². The molecule has 0 atom stereocenters. The summed E-state index contributed by atoms with van der Waals surface area (Å²) in [7, 11) is 0. The molecule has 4 nitrogen and oxygen atoms in total. The van der Waals surface area contributed by atoms with E-state index in [0.717, 1.165) is 6.20 Å². The number of anilines is 2. The van der Waals surface area contributed by atoms with Crippen LogP contribution in [0.4, 0.5) is 24.5 Å². The normalized spacial score (nSPS) is 10.3. The first-order valence-corrected chi connectivity index (χ1v) is 5.08. The average Bonchev–Trinajstić information content (AvgIpc) is 2.34. The number of nitrogens with zero attached hydrogens (tertiary/aromatic N) is 1. The van der Waals surface area contributed by atoms with Crippen LogP contribution in [-0.4, -0.2) is 16.1 Å². The number of rotatable bonds is 3. The maximum Gasteiger partial charge on any atom is 0.337 e. The summed E-state index contributed by atoms with van der Waals surface area (Å²) in [5.41, 5.74) is -0.950. The molecule has 0 bridgehead atoms. The first-order chi connectivity index (χ1) is 8.99. The lowest BCUT2D eigenvalue weighted by Gasteiger charge is -2.10. The maximum atomic E-state index is 13.4. The molecule has 0 spiro atoms. The number of nitrogens with one attached hydrogen (secondary N) is 1. The third-order valence-corrected chi connectivity index (χ3v) is 2.32. The standard InChI is InChI=1S/C12H7F3N2O2/c13-6-3-8(14)11(9(15)4-6)17-10-5-16-2-1-7(10)12(18)19/h1-5,17H,(H,18,19). The molecule has 19 heavy (non-hydrogen) atoms. The molecule has 2 N–H and O–H groups in total. The summed E-state index contributed by atoms with van der Waals surface area (Å²) in [5, 5.41) is 11.2. The van der Waals surface area contributed by atoms with Crippen LogP contribution in [0.15, 0.2) is 30.6 Å². The summed E-state index contributed by atoms with van der Waals surface area (Å²) in [6, 6.07) is 2.15. The van der Waals surface area contributed by atoms with Gasteiger partial charge in [0.05, 0.1) is 17.4 Å². The lowest BCUT2D eigenvalue weighted by molar-refractivity contribution is 0.0698. The lowest BCUT2D eigenvalue weighted by Crippen LogP contribution is -2.05. The SMILES string of the molecule is O=C(O)c1ccncc1Nc1c(F)cc(F)cc1F. The molecule has 0 saturated heterocycles. The van der Waals surface area contributed by atoms with Gasteiger partial charge in [0, 0.05) is 18.3 Å². The molecule has 1 heterocycles. The Morgan fingerprint density at radius 3 is 2.42 bits per heavy atom. The van der Waals surface area contributed by atoms with Crippen LogP contribution in [-0.2, 0) is 0 Å². The Labute approximate surface area is 105 Å². The van der Waals surface area contributed by atoms with Gasteiger partial charge in [-0.3, -0.25) is 4.98 Å². The zero-order chi connectivity index (χ0) is 14.0. The summed E-state index contributed by atoms with van der Waals surface area (Å²) in [5.74, 6) is -4.69. The Bertz CT molecular complexity index is 624. The van der Waals surface area contributed by atoms with Gasteiger partial charge in [0.25, 0.3) is 0 Å². The van der Waals surface area contributed by atoms with Crippen LogP contribution in [0.1, 0.15) is 10.4 Å². The molecule has 1 aromatic heterocycles. The predicted octanol–water partition coefficient (Wildman–Crippen LogP) is 2.94. The van der Waals surface area contributed by atoms with Crippen molar-refractivity contribution in [3.63, 3.8) is 0 Å². The van der Waals surface area contributed by atoms with Crippen molar-refractivity contribution in [2.45, 2.75) is 0 Å². The molecule has 0 amide bonds. The molecule has 98 valence electrons. The number of hydrogen-bond acceptors (Lipinski definition) is 3. The molecule has 0 aliphatic carbocycles. The molecule has 7 heteroatoms. The van der Waals surface area contributed by atoms with E-state index >= 15 is 0 Å². The van der Waals surface area contributed by atoms with Crippen molar-refractivity contribution in [1.82, 2.24) is 4.98 Å². The van der Waals surface area contributed by atoms with Crippen molar-refractivity contribution < 1.29 is 23.1 Å². The molecule has 0 aliphatic rings. The van der Waals surface area contributed by atoms with Crippen LogP contribution in [0.2, 0.25) is 0 Å². The number of aromatic nitrogens is 1. The van der Waals surface area contributed by atoms with Crippen LogP contribution in [0.25, 0.3) is 0 Å². The zero-order valence-electron chi connectivity index (χ0n) is 9.32. The number of carboxylic acids is 1. The van der Waals surface area contributed by atoms with E-state index in [0.29, 0.717) is 12.1 Å². The largest absolute Gasteiger partial charge is 0.478 e. The minimum atomic E-state index is -1.28. The van der Waals surface area contributed by atoms with Crippen molar-refractivity contribution in [2.75, 3.05) is 5.32 Å². The lowest BCUT2D eigenvalue weighted by atomic mass is 10.2. The number of halogens is 3. The van der Waals surface area contributed by atoms with E-state index in [9.17, 15) is 18.0 Å². The summed E-state index contributed by atoms with van der Waals surface area (Å²) < 4.78 is 39.6. The van der Waals surface area contributed by atoms with Gasteiger partial charge in [0.1, 0.15) is 11.5 Å². The summed E-state index contributed by atoms with van der Waals surface area (Å²) >= 11 is 0. The van der Waals surface area contributed by atoms with E-state index in [1.807, 2.05) is 0 Å². The fraction of sp³-hybridized carbons (Fsp3) is 0. The Balaban J connectivity index is 2.45. The monoisotopic (exact) mass is 268 g/mol. The van der Waals surface area contributed by atoms with Crippen molar-refractivity contribution in [2.24, 2.45) is 0 Å². The van der Waals surface area contributed by atoms with Crippen LogP contribution in [0, 0.1) is 17.5 Å². The molecule has 2 aromatic rings. The highest BCUT2D eigenvalue weighted by Gasteiger charge is 2.15. The number of benzene rings is 1. The Hall–Kier alpha value is -2.57. The summed E-state index contributed by atoms with van der Waals surface area (Å²) in [4.78, 5) is 14.6. The second-order valence-electron chi connectivity index (χ2n) is 3.60. The predicted molar refractivity (Wildman–Crippen MR) is 60.8 cm³/mol. The van der Waals surface area contributed by atoms with Gasteiger partial charge >= 0.3 is 5.97 Å². The summed E-state index contributed by atoms with van der Waals surface area (Å²) in [6.07, 6.45) is 2.33. The van der Waals surface area contributed by atoms with Crippen LogP contribution in [0.3, 0.4) is 0 Å². The van der Waals surface area contributed by atoms with Crippen LogP contribution < -0.4 is 5.32 Å². The molecule has 0 unspecified atom stereocenters. The summed E-state index contributed by atoms with van der Waals surface area (Å²) in [6.45, 7) is 0. The number of carboxylic acid groups (broad SMARTS) is 1. The number of pyridine rings is 1. The Morgan fingerprint density at radius 2 is 1.84 bits per heavy atom. The van der Waals surface area contributed by atoms with E-state index in [-0.39, 0.29) is 11.3 Å². The smallest absolute Gasteiger partial charge is 0.337 e. The Kier molecular flexibility index (Phi) is 3.37. The Morgan fingerprint density at radius 1 is 1.21 bits per heavy atom. The fourth-order valence-corrected chi connectivity index (χ4v) is 1.48. The van der Waals surface area contributed by atoms with Crippen molar-refractivity contribution in [1.29, 1.82) is 0 Å². The quantitative estimate of drug-likeness (QED) is 0.898. The highest BCUT2D eigenvalue weighted by molar-refractivity contribution is 5.94. The van der Waals surface area contributed by atoms with Gasteiger partial charge < -0.3 is 10.4 Å². The van der Waals surface area contributed by atoms with Gasteiger partial charge in [0.2, 0.25) is 0 Å². The minimum Gasteiger partial charge on any atom is -0.478 e. The highest BCUT2D eigenvalue weighted by Crippen LogP contribution is 2.25. The van der Waals surface area contributed by atoms with Crippen LogP contribution >= 0.6 is 0 Å². The van der Waals surface area contributed by atoms with Gasteiger partial charge in [-0.25, -0.2) is 18.0 Å². The average molecular weight is 268 g/mol. The molecule has 0 fully saturated rings. The molecule has 0 aliphatic heterocycles. The van der Waals surface area contributed by atoms with E-state index in [1.54, 1.807) is 0 Å². The number of carbonyl (C=O) groups is 1. The van der Waals surface area contributed by atoms with E-state index in [2.05, 4.69) is 10.3 Å². The third-order valence-electron chi connectivity index (χ3n) is 2.32. The highest BCUT2D eigenvalue weighted by atomic mass is 19.1. The van der Waals surface area contributed by atoms with E-state index in [4.69, 9.17) is 5.11 Å².